The van der Waals surface area contributed by atoms with Gasteiger partial charge in [0.25, 0.3) is 11.8 Å². The Morgan fingerprint density at radius 3 is 2.77 bits per heavy atom. The maximum absolute atomic E-state index is 12.4. The first-order valence-electron chi connectivity index (χ1n) is 7.60. The number of carbonyl (C=O) groups excluding carboxylic acids is 2. The molecule has 0 aliphatic carbocycles. The summed E-state index contributed by atoms with van der Waals surface area (Å²) in [7, 11) is 0. The van der Waals surface area contributed by atoms with Gasteiger partial charge >= 0.3 is 0 Å². The SMILES string of the molecule is CCN(CC)C(=O)C1=CCCN(NC(=O)c2cccnc2)C1. The number of hydrazine groups is 1. The van der Waals surface area contributed by atoms with Crippen LogP contribution in [-0.2, 0) is 4.79 Å². The van der Waals surface area contributed by atoms with Crippen LogP contribution in [0.25, 0.3) is 0 Å². The third-order valence-corrected chi connectivity index (χ3v) is 3.66. The van der Waals surface area contributed by atoms with E-state index in [1.807, 2.05) is 19.9 Å². The van der Waals surface area contributed by atoms with Crippen LogP contribution in [0.5, 0.6) is 0 Å². The highest BCUT2D eigenvalue weighted by Gasteiger charge is 2.22. The lowest BCUT2D eigenvalue weighted by Crippen LogP contribution is -2.47. The van der Waals surface area contributed by atoms with E-state index in [9.17, 15) is 9.59 Å². The summed E-state index contributed by atoms with van der Waals surface area (Å²) in [4.78, 5) is 30.2. The molecule has 0 bridgehead atoms. The second-order valence-corrected chi connectivity index (χ2v) is 5.10. The van der Waals surface area contributed by atoms with Gasteiger partial charge in [-0.05, 0) is 32.4 Å². The van der Waals surface area contributed by atoms with Gasteiger partial charge < -0.3 is 4.90 Å². The van der Waals surface area contributed by atoms with Crippen molar-refractivity contribution >= 4 is 11.8 Å². The van der Waals surface area contributed by atoms with Gasteiger partial charge in [-0.3, -0.25) is 20.0 Å². The summed E-state index contributed by atoms with van der Waals surface area (Å²) < 4.78 is 0. The lowest BCUT2D eigenvalue weighted by molar-refractivity contribution is -0.127. The summed E-state index contributed by atoms with van der Waals surface area (Å²) in [6.07, 6.45) is 5.86. The molecule has 0 saturated carbocycles. The molecule has 1 aliphatic rings. The molecule has 0 saturated heterocycles. The van der Waals surface area contributed by atoms with E-state index in [2.05, 4.69) is 10.4 Å². The molecule has 0 aromatic carbocycles. The Balaban J connectivity index is 1.97. The van der Waals surface area contributed by atoms with Crippen molar-refractivity contribution in [1.82, 2.24) is 20.3 Å². The molecule has 2 heterocycles. The lowest BCUT2D eigenvalue weighted by Gasteiger charge is -2.29. The van der Waals surface area contributed by atoms with Gasteiger partial charge in [0.05, 0.1) is 5.56 Å². The predicted molar refractivity (Wildman–Crippen MR) is 83.9 cm³/mol. The van der Waals surface area contributed by atoms with Crippen LogP contribution in [0.3, 0.4) is 0 Å². The summed E-state index contributed by atoms with van der Waals surface area (Å²) in [5.74, 6) is -0.157. The van der Waals surface area contributed by atoms with E-state index in [0.717, 1.165) is 12.0 Å². The van der Waals surface area contributed by atoms with Crippen molar-refractivity contribution in [2.75, 3.05) is 26.2 Å². The molecule has 22 heavy (non-hydrogen) atoms. The minimum absolute atomic E-state index is 0.0466. The number of likely N-dealkylation sites (N-methyl/N-ethyl adjacent to an activating group) is 1. The van der Waals surface area contributed by atoms with Gasteiger partial charge in [0, 0.05) is 44.1 Å². The molecule has 118 valence electrons. The summed E-state index contributed by atoms with van der Waals surface area (Å²) in [5, 5.41) is 1.78. The van der Waals surface area contributed by atoms with Crippen LogP contribution in [0, 0.1) is 0 Å². The first-order valence-corrected chi connectivity index (χ1v) is 7.60. The summed E-state index contributed by atoms with van der Waals surface area (Å²) in [6, 6.07) is 3.43. The van der Waals surface area contributed by atoms with Crippen LogP contribution >= 0.6 is 0 Å². The minimum Gasteiger partial charge on any atom is -0.339 e. The topological polar surface area (TPSA) is 65.5 Å². The summed E-state index contributed by atoms with van der Waals surface area (Å²) >= 11 is 0. The van der Waals surface area contributed by atoms with Crippen LogP contribution in [0.4, 0.5) is 0 Å². The molecule has 1 N–H and O–H groups in total. The second kappa shape index (κ2) is 7.70. The molecule has 2 rings (SSSR count). The fraction of sp³-hybridized carbons (Fsp3) is 0.438. The van der Waals surface area contributed by atoms with Gasteiger partial charge in [0.2, 0.25) is 0 Å². The van der Waals surface area contributed by atoms with Gasteiger partial charge in [0.15, 0.2) is 0 Å². The number of carbonyl (C=O) groups is 2. The highest BCUT2D eigenvalue weighted by atomic mass is 16.2. The van der Waals surface area contributed by atoms with Gasteiger partial charge in [-0.1, -0.05) is 6.08 Å². The standard InChI is InChI=1S/C16H22N4O2/c1-3-19(4-2)16(22)14-8-6-10-20(12-14)18-15(21)13-7-5-9-17-11-13/h5,7-9,11H,3-4,6,10,12H2,1-2H3,(H,18,21). The maximum atomic E-state index is 12.4. The molecule has 0 fully saturated rings. The van der Waals surface area contributed by atoms with Crippen LogP contribution in [-0.4, -0.2) is 52.9 Å². The van der Waals surface area contributed by atoms with E-state index in [1.165, 1.54) is 6.20 Å². The van der Waals surface area contributed by atoms with Crippen molar-refractivity contribution in [3.8, 4) is 0 Å². The quantitative estimate of drug-likeness (QED) is 0.888. The van der Waals surface area contributed by atoms with E-state index in [1.54, 1.807) is 28.2 Å². The number of pyridine rings is 1. The fourth-order valence-corrected chi connectivity index (χ4v) is 2.41. The number of amides is 2. The molecule has 2 amide bonds. The third kappa shape index (κ3) is 3.92. The average Bonchev–Trinajstić information content (AvgIpc) is 2.57. The Kier molecular flexibility index (Phi) is 5.66. The molecule has 0 radical (unpaired) electrons. The molecule has 1 aliphatic heterocycles. The zero-order valence-corrected chi connectivity index (χ0v) is 13.1. The highest BCUT2D eigenvalue weighted by molar-refractivity contribution is 5.95. The summed E-state index contributed by atoms with van der Waals surface area (Å²) in [6.45, 7) is 6.44. The number of hydrogen-bond donors (Lipinski definition) is 1. The largest absolute Gasteiger partial charge is 0.339 e. The third-order valence-electron chi connectivity index (χ3n) is 3.66. The lowest BCUT2D eigenvalue weighted by atomic mass is 10.1. The number of rotatable bonds is 5. The Morgan fingerprint density at radius 1 is 1.36 bits per heavy atom. The molecule has 0 spiro atoms. The molecular formula is C16H22N4O2. The number of hydrogen-bond acceptors (Lipinski definition) is 4. The molecular weight excluding hydrogens is 280 g/mol. The number of aromatic nitrogens is 1. The van der Waals surface area contributed by atoms with Gasteiger partial charge in [-0.2, -0.15) is 0 Å². The van der Waals surface area contributed by atoms with E-state index in [4.69, 9.17) is 0 Å². The van der Waals surface area contributed by atoms with E-state index >= 15 is 0 Å². The Labute approximate surface area is 130 Å². The molecule has 0 atom stereocenters. The monoisotopic (exact) mass is 302 g/mol. The smallest absolute Gasteiger partial charge is 0.267 e. The highest BCUT2D eigenvalue weighted by Crippen LogP contribution is 2.11. The molecule has 1 aromatic heterocycles. The Morgan fingerprint density at radius 2 is 2.14 bits per heavy atom. The molecule has 6 heteroatoms. The first kappa shape index (κ1) is 16.2. The zero-order valence-electron chi connectivity index (χ0n) is 13.1. The van der Waals surface area contributed by atoms with Crippen LogP contribution in [0.15, 0.2) is 36.2 Å². The van der Waals surface area contributed by atoms with E-state index in [0.29, 0.717) is 31.7 Å². The van der Waals surface area contributed by atoms with Crippen molar-refractivity contribution in [2.24, 2.45) is 0 Å². The number of nitrogens with one attached hydrogen (secondary N) is 1. The fourth-order valence-electron chi connectivity index (χ4n) is 2.41. The Hall–Kier alpha value is -2.21. The molecule has 1 aromatic rings. The van der Waals surface area contributed by atoms with Crippen molar-refractivity contribution in [3.63, 3.8) is 0 Å². The molecule has 0 unspecified atom stereocenters. The van der Waals surface area contributed by atoms with Crippen molar-refractivity contribution in [1.29, 1.82) is 0 Å². The first-order chi connectivity index (χ1) is 10.7. The second-order valence-electron chi connectivity index (χ2n) is 5.10. The average molecular weight is 302 g/mol. The Bertz CT molecular complexity index is 553. The van der Waals surface area contributed by atoms with Gasteiger partial charge in [-0.15, -0.1) is 0 Å². The van der Waals surface area contributed by atoms with Crippen LogP contribution < -0.4 is 5.43 Å². The molecule has 6 nitrogen and oxygen atoms in total. The van der Waals surface area contributed by atoms with Gasteiger partial charge in [-0.25, -0.2) is 5.01 Å². The van der Waals surface area contributed by atoms with Crippen molar-refractivity contribution < 1.29 is 9.59 Å². The number of nitrogens with zero attached hydrogens (tertiary/aromatic N) is 3. The minimum atomic E-state index is -0.204. The van der Waals surface area contributed by atoms with Crippen LogP contribution in [0.1, 0.15) is 30.6 Å². The van der Waals surface area contributed by atoms with Crippen molar-refractivity contribution in [2.45, 2.75) is 20.3 Å². The van der Waals surface area contributed by atoms with E-state index in [-0.39, 0.29) is 11.8 Å². The van der Waals surface area contributed by atoms with Crippen molar-refractivity contribution in [3.05, 3.63) is 41.7 Å². The van der Waals surface area contributed by atoms with E-state index < -0.39 is 0 Å². The predicted octanol–water partition coefficient (Wildman–Crippen LogP) is 1.23. The van der Waals surface area contributed by atoms with Crippen LogP contribution in [0.2, 0.25) is 0 Å². The van der Waals surface area contributed by atoms with Gasteiger partial charge in [0.1, 0.15) is 0 Å². The summed E-state index contributed by atoms with van der Waals surface area (Å²) in [5.41, 5.74) is 4.08. The zero-order chi connectivity index (χ0) is 15.9. The maximum Gasteiger partial charge on any atom is 0.267 e. The normalized spacial score (nSPS) is 15.1.